The molecule has 0 aliphatic carbocycles. The summed E-state index contributed by atoms with van der Waals surface area (Å²) in [6, 6.07) is 12.3. The highest BCUT2D eigenvalue weighted by Crippen LogP contribution is 2.26. The highest BCUT2D eigenvalue weighted by Gasteiger charge is 2.20. The highest BCUT2D eigenvalue weighted by molar-refractivity contribution is 6.00. The second-order valence-electron chi connectivity index (χ2n) is 6.48. The molecule has 2 aromatic rings. The van der Waals surface area contributed by atoms with Crippen molar-refractivity contribution in [1.29, 1.82) is 0 Å². The normalized spacial score (nSPS) is 12.7. The van der Waals surface area contributed by atoms with Crippen molar-refractivity contribution in [3.8, 4) is 0 Å². The summed E-state index contributed by atoms with van der Waals surface area (Å²) in [6.07, 6.45) is 1.98. The number of aryl methyl sites for hydroxylation is 1. The van der Waals surface area contributed by atoms with Crippen LogP contribution in [0.5, 0.6) is 0 Å². The molecule has 0 saturated heterocycles. The average Bonchev–Trinajstić information content (AvgIpc) is 2.72. The van der Waals surface area contributed by atoms with Gasteiger partial charge in [-0.3, -0.25) is 4.79 Å². The van der Waals surface area contributed by atoms with Crippen LogP contribution in [0.3, 0.4) is 0 Å². The van der Waals surface area contributed by atoms with Crippen LogP contribution < -0.4 is 10.2 Å². The molecule has 146 valence electrons. The molecule has 7 heteroatoms. The first-order valence-corrected chi connectivity index (χ1v) is 8.96. The van der Waals surface area contributed by atoms with Gasteiger partial charge in [0, 0.05) is 17.9 Å². The Bertz CT molecular complexity index is 875. The van der Waals surface area contributed by atoms with Crippen LogP contribution in [0.1, 0.15) is 32.7 Å². The first-order chi connectivity index (χ1) is 13.5. The number of fused-ring (bicyclic) bond motifs is 1. The minimum Gasteiger partial charge on any atom is -0.465 e. The van der Waals surface area contributed by atoms with Crippen molar-refractivity contribution in [3.05, 3.63) is 59.2 Å². The number of carbonyl (C=O) groups excluding carboxylic acids is 3. The van der Waals surface area contributed by atoms with Crippen LogP contribution >= 0.6 is 0 Å². The molecule has 0 atom stereocenters. The van der Waals surface area contributed by atoms with E-state index in [1.807, 2.05) is 23.1 Å². The highest BCUT2D eigenvalue weighted by atomic mass is 16.5. The maximum atomic E-state index is 12.6. The summed E-state index contributed by atoms with van der Waals surface area (Å²) in [6.45, 7) is 0.965. The Morgan fingerprint density at radius 2 is 1.64 bits per heavy atom. The van der Waals surface area contributed by atoms with Crippen LogP contribution in [-0.4, -0.2) is 45.2 Å². The topological polar surface area (TPSA) is 84.9 Å². The Balaban J connectivity index is 1.78. The van der Waals surface area contributed by atoms with Crippen LogP contribution in [-0.2, 0) is 20.7 Å². The van der Waals surface area contributed by atoms with E-state index in [1.54, 1.807) is 0 Å². The van der Waals surface area contributed by atoms with Gasteiger partial charge in [-0.2, -0.15) is 0 Å². The number of nitrogens with zero attached hydrogens (tertiary/aromatic N) is 1. The number of rotatable bonds is 5. The zero-order valence-electron chi connectivity index (χ0n) is 15.9. The molecule has 1 aliphatic heterocycles. The minimum atomic E-state index is -0.605. The Labute approximate surface area is 163 Å². The van der Waals surface area contributed by atoms with Gasteiger partial charge in [-0.05, 0) is 42.7 Å². The summed E-state index contributed by atoms with van der Waals surface area (Å²) in [7, 11) is 2.50. The SMILES string of the molecule is COC(=O)c1cc(NC(=O)CN2CCCc3ccccc32)cc(C(=O)OC)c1. The molecule has 0 unspecified atom stereocenters. The number of carbonyl (C=O) groups is 3. The molecule has 1 aliphatic rings. The van der Waals surface area contributed by atoms with E-state index in [0.717, 1.165) is 25.1 Å². The van der Waals surface area contributed by atoms with E-state index in [2.05, 4.69) is 11.4 Å². The second-order valence-corrected chi connectivity index (χ2v) is 6.48. The molecule has 0 spiro atoms. The van der Waals surface area contributed by atoms with E-state index in [0.29, 0.717) is 5.69 Å². The van der Waals surface area contributed by atoms with Crippen molar-refractivity contribution in [2.24, 2.45) is 0 Å². The third-order valence-electron chi connectivity index (χ3n) is 4.60. The van der Waals surface area contributed by atoms with Gasteiger partial charge in [0.25, 0.3) is 0 Å². The zero-order chi connectivity index (χ0) is 20.1. The maximum absolute atomic E-state index is 12.6. The predicted octanol–water partition coefficient (Wildman–Crippen LogP) is 2.65. The third kappa shape index (κ3) is 4.31. The lowest BCUT2D eigenvalue weighted by molar-refractivity contribution is -0.115. The van der Waals surface area contributed by atoms with Gasteiger partial charge >= 0.3 is 11.9 Å². The van der Waals surface area contributed by atoms with Crippen LogP contribution in [0.4, 0.5) is 11.4 Å². The number of ether oxygens (including phenoxy) is 2. The molecular weight excluding hydrogens is 360 g/mol. The molecule has 28 heavy (non-hydrogen) atoms. The average molecular weight is 382 g/mol. The molecule has 0 aromatic heterocycles. The monoisotopic (exact) mass is 382 g/mol. The number of benzene rings is 2. The Morgan fingerprint density at radius 3 is 2.29 bits per heavy atom. The lowest BCUT2D eigenvalue weighted by Gasteiger charge is -2.30. The van der Waals surface area contributed by atoms with Crippen molar-refractivity contribution < 1.29 is 23.9 Å². The largest absolute Gasteiger partial charge is 0.465 e. The molecule has 0 radical (unpaired) electrons. The van der Waals surface area contributed by atoms with E-state index in [9.17, 15) is 14.4 Å². The summed E-state index contributed by atoms with van der Waals surface area (Å²) in [5.74, 6) is -1.45. The first-order valence-electron chi connectivity index (χ1n) is 8.96. The Morgan fingerprint density at radius 1 is 1.00 bits per heavy atom. The Hall–Kier alpha value is -3.35. The molecule has 1 N–H and O–H groups in total. The number of nitrogens with one attached hydrogen (secondary N) is 1. The fourth-order valence-corrected chi connectivity index (χ4v) is 3.32. The molecule has 0 fully saturated rings. The third-order valence-corrected chi connectivity index (χ3v) is 4.60. The summed E-state index contributed by atoms with van der Waals surface area (Å²) >= 11 is 0. The molecule has 3 rings (SSSR count). The smallest absolute Gasteiger partial charge is 0.337 e. The number of methoxy groups -OCH3 is 2. The number of esters is 2. The standard InChI is InChI=1S/C21H22N2O5/c1-27-20(25)15-10-16(21(26)28-2)12-17(11-15)22-19(24)13-23-9-5-7-14-6-3-4-8-18(14)23/h3-4,6,8,10-12H,5,7,9,13H2,1-2H3,(H,22,24). The quantitative estimate of drug-likeness (QED) is 0.801. The molecule has 7 nitrogen and oxygen atoms in total. The van der Waals surface area contributed by atoms with Gasteiger partial charge in [0.15, 0.2) is 0 Å². The summed E-state index contributed by atoms with van der Waals surface area (Å²) < 4.78 is 9.43. The fraction of sp³-hybridized carbons (Fsp3) is 0.286. The fourth-order valence-electron chi connectivity index (χ4n) is 3.32. The number of amides is 1. The molecule has 1 heterocycles. The van der Waals surface area contributed by atoms with Crippen LogP contribution in [0, 0.1) is 0 Å². The van der Waals surface area contributed by atoms with Crippen molar-refractivity contribution >= 4 is 29.2 Å². The molecular formula is C21H22N2O5. The van der Waals surface area contributed by atoms with Gasteiger partial charge in [-0.25, -0.2) is 9.59 Å². The van der Waals surface area contributed by atoms with E-state index < -0.39 is 11.9 Å². The Kier molecular flexibility index (Phi) is 5.93. The van der Waals surface area contributed by atoms with Crippen molar-refractivity contribution in [3.63, 3.8) is 0 Å². The van der Waals surface area contributed by atoms with Gasteiger partial charge < -0.3 is 19.7 Å². The number of anilines is 2. The molecule has 2 aromatic carbocycles. The first kappa shape index (κ1) is 19.4. The van der Waals surface area contributed by atoms with Gasteiger partial charge in [-0.15, -0.1) is 0 Å². The van der Waals surface area contributed by atoms with Crippen molar-refractivity contribution in [2.45, 2.75) is 12.8 Å². The van der Waals surface area contributed by atoms with E-state index in [1.165, 1.54) is 38.0 Å². The second kappa shape index (κ2) is 8.56. The molecule has 0 saturated carbocycles. The lowest BCUT2D eigenvalue weighted by atomic mass is 10.0. The zero-order valence-corrected chi connectivity index (χ0v) is 15.9. The van der Waals surface area contributed by atoms with Crippen LogP contribution in [0.2, 0.25) is 0 Å². The molecule has 1 amide bonds. The van der Waals surface area contributed by atoms with Gasteiger partial charge in [0.05, 0.1) is 31.9 Å². The van der Waals surface area contributed by atoms with Crippen LogP contribution in [0.25, 0.3) is 0 Å². The van der Waals surface area contributed by atoms with E-state index >= 15 is 0 Å². The van der Waals surface area contributed by atoms with Gasteiger partial charge in [0.1, 0.15) is 0 Å². The lowest BCUT2D eigenvalue weighted by Crippen LogP contribution is -2.36. The summed E-state index contributed by atoms with van der Waals surface area (Å²) in [5.41, 5.74) is 2.93. The van der Waals surface area contributed by atoms with Gasteiger partial charge in [-0.1, -0.05) is 18.2 Å². The van der Waals surface area contributed by atoms with Crippen molar-refractivity contribution in [2.75, 3.05) is 37.5 Å². The molecule has 0 bridgehead atoms. The van der Waals surface area contributed by atoms with Gasteiger partial charge in [0.2, 0.25) is 5.91 Å². The predicted molar refractivity (Wildman–Crippen MR) is 105 cm³/mol. The maximum Gasteiger partial charge on any atom is 0.337 e. The van der Waals surface area contributed by atoms with Crippen LogP contribution in [0.15, 0.2) is 42.5 Å². The summed E-state index contributed by atoms with van der Waals surface area (Å²) in [4.78, 5) is 38.4. The van der Waals surface area contributed by atoms with E-state index in [4.69, 9.17) is 9.47 Å². The van der Waals surface area contributed by atoms with Crippen molar-refractivity contribution in [1.82, 2.24) is 0 Å². The number of para-hydroxylation sites is 1. The number of hydrogen-bond acceptors (Lipinski definition) is 6. The summed E-state index contributed by atoms with van der Waals surface area (Å²) in [5, 5.41) is 2.76. The van der Waals surface area contributed by atoms with E-state index in [-0.39, 0.29) is 23.6 Å². The minimum absolute atomic E-state index is 0.156. The number of hydrogen-bond donors (Lipinski definition) is 1.